The molecule has 32 heavy (non-hydrogen) atoms. The number of methoxy groups -OCH3 is 1. The maximum absolute atomic E-state index is 12.8. The van der Waals surface area contributed by atoms with Crippen molar-refractivity contribution in [3.05, 3.63) is 70.7 Å². The molecule has 1 aromatic heterocycles. The number of aryl methyl sites for hydroxylation is 2. The van der Waals surface area contributed by atoms with Crippen molar-refractivity contribution >= 4 is 34.0 Å². The molecule has 2 N–H and O–H groups in total. The first-order valence-corrected chi connectivity index (χ1v) is 11.2. The molecule has 7 nitrogen and oxygen atoms in total. The highest BCUT2D eigenvalue weighted by Crippen LogP contribution is 2.22. The Hall–Kier alpha value is -3.23. The molecule has 0 saturated carbocycles. The van der Waals surface area contributed by atoms with E-state index in [1.54, 1.807) is 19.4 Å². The highest BCUT2D eigenvalue weighted by Gasteiger charge is 2.13. The number of carbonyl (C=O) groups excluding carboxylic acids is 2. The van der Waals surface area contributed by atoms with E-state index in [0.717, 1.165) is 23.2 Å². The van der Waals surface area contributed by atoms with Crippen molar-refractivity contribution in [2.45, 2.75) is 32.8 Å². The third-order valence-electron chi connectivity index (χ3n) is 4.57. The van der Waals surface area contributed by atoms with Crippen LogP contribution in [0.25, 0.3) is 0 Å². The Bertz CT molecular complexity index is 1050. The topological polar surface area (TPSA) is 89.5 Å². The molecule has 0 aliphatic carbocycles. The summed E-state index contributed by atoms with van der Waals surface area (Å²) in [4.78, 5) is 28.2. The fourth-order valence-corrected chi connectivity index (χ4v) is 3.78. The molecule has 168 valence electrons. The third kappa shape index (κ3) is 7.18. The van der Waals surface area contributed by atoms with Gasteiger partial charge in [0.2, 0.25) is 5.91 Å². The number of nitrogens with zero attached hydrogens (tertiary/aromatic N) is 1. The van der Waals surface area contributed by atoms with Gasteiger partial charge < -0.3 is 14.8 Å². The van der Waals surface area contributed by atoms with Crippen LogP contribution in [0.2, 0.25) is 0 Å². The highest BCUT2D eigenvalue weighted by atomic mass is 32.1. The number of ether oxygens (including phenoxy) is 2. The molecule has 3 rings (SSSR count). The molecule has 0 fully saturated rings. The van der Waals surface area contributed by atoms with Gasteiger partial charge in [-0.25, -0.2) is 4.98 Å². The zero-order valence-corrected chi connectivity index (χ0v) is 19.2. The summed E-state index contributed by atoms with van der Waals surface area (Å²) in [5.74, 6) is 0.273. The Labute approximate surface area is 191 Å². The zero-order valence-electron chi connectivity index (χ0n) is 18.4. The standard InChI is InChI=1S/C24H27N3O4S/c1-16(15-30-3)31-22-13-19(8-7-18-5-4-6-21(12-18)26-17(2)28)11-20(14-22)23(29)27-24-25-9-10-32-24/h4-6,9-14,16H,7-8,15H2,1-3H3,(H,26,28)(H,25,27,29)/t16-/m0/s1. The molecule has 0 radical (unpaired) electrons. The smallest absolute Gasteiger partial charge is 0.257 e. The molecule has 0 bridgehead atoms. The van der Waals surface area contributed by atoms with Crippen LogP contribution in [0.1, 0.15) is 35.3 Å². The van der Waals surface area contributed by atoms with Gasteiger partial charge in [-0.05, 0) is 61.2 Å². The minimum absolute atomic E-state index is 0.104. The van der Waals surface area contributed by atoms with Crippen LogP contribution >= 0.6 is 11.3 Å². The fraction of sp³-hybridized carbons (Fsp3) is 0.292. The second kappa shape index (κ2) is 11.4. The van der Waals surface area contributed by atoms with Crippen molar-refractivity contribution in [3.8, 4) is 5.75 Å². The van der Waals surface area contributed by atoms with Crippen molar-refractivity contribution in [2.75, 3.05) is 24.4 Å². The van der Waals surface area contributed by atoms with Gasteiger partial charge in [0, 0.05) is 36.9 Å². The van der Waals surface area contributed by atoms with Gasteiger partial charge in [-0.3, -0.25) is 14.9 Å². The molecule has 0 saturated heterocycles. The molecule has 0 spiro atoms. The molecule has 2 aromatic carbocycles. The van der Waals surface area contributed by atoms with Gasteiger partial charge in [0.05, 0.1) is 6.61 Å². The Kier molecular flexibility index (Phi) is 8.35. The summed E-state index contributed by atoms with van der Waals surface area (Å²) < 4.78 is 11.1. The van der Waals surface area contributed by atoms with Gasteiger partial charge in [0.25, 0.3) is 5.91 Å². The predicted molar refractivity (Wildman–Crippen MR) is 127 cm³/mol. The quantitative estimate of drug-likeness (QED) is 0.470. The number of thiazole rings is 1. The van der Waals surface area contributed by atoms with Crippen LogP contribution in [-0.4, -0.2) is 36.6 Å². The van der Waals surface area contributed by atoms with Crippen molar-refractivity contribution in [1.29, 1.82) is 0 Å². The zero-order chi connectivity index (χ0) is 22.9. The maximum atomic E-state index is 12.8. The lowest BCUT2D eigenvalue weighted by Gasteiger charge is -2.16. The number of rotatable bonds is 10. The number of hydrogen-bond acceptors (Lipinski definition) is 6. The Balaban J connectivity index is 1.78. The van der Waals surface area contributed by atoms with Crippen molar-refractivity contribution in [2.24, 2.45) is 0 Å². The Morgan fingerprint density at radius 3 is 2.62 bits per heavy atom. The van der Waals surface area contributed by atoms with Crippen LogP contribution in [0.5, 0.6) is 5.75 Å². The minimum Gasteiger partial charge on any atom is -0.488 e. The predicted octanol–water partition coefficient (Wildman–Crippen LogP) is 4.55. The minimum atomic E-state index is -0.237. The summed E-state index contributed by atoms with van der Waals surface area (Å²) in [6.45, 7) is 3.85. The molecular formula is C24H27N3O4S. The second-order valence-corrected chi connectivity index (χ2v) is 8.32. The SMILES string of the molecule is COC[C@H](C)Oc1cc(CCc2cccc(NC(C)=O)c2)cc(C(=O)Nc2nccs2)c1. The van der Waals surface area contributed by atoms with Crippen molar-refractivity contribution in [1.82, 2.24) is 4.98 Å². The van der Waals surface area contributed by atoms with Crippen LogP contribution in [-0.2, 0) is 22.4 Å². The molecule has 8 heteroatoms. The molecular weight excluding hydrogens is 426 g/mol. The molecule has 1 atom stereocenters. The van der Waals surface area contributed by atoms with Gasteiger partial charge in [-0.1, -0.05) is 12.1 Å². The van der Waals surface area contributed by atoms with Crippen LogP contribution in [0.3, 0.4) is 0 Å². The van der Waals surface area contributed by atoms with E-state index in [1.807, 2.05) is 48.7 Å². The first kappa shape index (κ1) is 23.4. The summed E-state index contributed by atoms with van der Waals surface area (Å²) in [6.07, 6.45) is 2.95. The summed E-state index contributed by atoms with van der Waals surface area (Å²) in [7, 11) is 1.62. The largest absolute Gasteiger partial charge is 0.488 e. The van der Waals surface area contributed by atoms with Crippen LogP contribution in [0.15, 0.2) is 54.0 Å². The van der Waals surface area contributed by atoms with Gasteiger partial charge in [-0.2, -0.15) is 0 Å². The van der Waals surface area contributed by atoms with Crippen molar-refractivity contribution in [3.63, 3.8) is 0 Å². The summed E-state index contributed by atoms with van der Waals surface area (Å²) >= 11 is 1.36. The van der Waals surface area contributed by atoms with E-state index in [0.29, 0.717) is 29.5 Å². The lowest BCUT2D eigenvalue weighted by atomic mass is 10.0. The first-order chi connectivity index (χ1) is 15.4. The molecule has 0 unspecified atom stereocenters. The number of carbonyl (C=O) groups is 2. The lowest BCUT2D eigenvalue weighted by Crippen LogP contribution is -2.19. The first-order valence-electron chi connectivity index (χ1n) is 10.3. The van der Waals surface area contributed by atoms with Crippen LogP contribution in [0, 0.1) is 0 Å². The van der Waals surface area contributed by atoms with E-state index >= 15 is 0 Å². The van der Waals surface area contributed by atoms with E-state index in [1.165, 1.54) is 18.3 Å². The molecule has 3 aromatic rings. The van der Waals surface area contributed by atoms with E-state index in [9.17, 15) is 9.59 Å². The van der Waals surface area contributed by atoms with E-state index in [2.05, 4.69) is 15.6 Å². The number of hydrogen-bond donors (Lipinski definition) is 2. The van der Waals surface area contributed by atoms with E-state index < -0.39 is 0 Å². The van der Waals surface area contributed by atoms with Gasteiger partial charge in [0.15, 0.2) is 5.13 Å². The summed E-state index contributed by atoms with van der Waals surface area (Å²) in [5.41, 5.74) is 3.33. The summed E-state index contributed by atoms with van der Waals surface area (Å²) in [6, 6.07) is 13.3. The second-order valence-electron chi connectivity index (χ2n) is 7.42. The highest BCUT2D eigenvalue weighted by molar-refractivity contribution is 7.13. The lowest BCUT2D eigenvalue weighted by molar-refractivity contribution is -0.114. The normalized spacial score (nSPS) is 11.6. The summed E-state index contributed by atoms with van der Waals surface area (Å²) in [5, 5.41) is 7.98. The molecule has 0 aliphatic heterocycles. The number of amides is 2. The molecule has 0 aliphatic rings. The fourth-order valence-electron chi connectivity index (χ4n) is 3.26. The van der Waals surface area contributed by atoms with Crippen LogP contribution < -0.4 is 15.4 Å². The van der Waals surface area contributed by atoms with Crippen LogP contribution in [0.4, 0.5) is 10.8 Å². The number of anilines is 2. The Morgan fingerprint density at radius 2 is 1.91 bits per heavy atom. The molecule has 2 amide bonds. The average Bonchev–Trinajstić information content (AvgIpc) is 3.25. The molecule has 1 heterocycles. The van der Waals surface area contributed by atoms with Crippen molar-refractivity contribution < 1.29 is 19.1 Å². The average molecular weight is 454 g/mol. The van der Waals surface area contributed by atoms with E-state index in [4.69, 9.17) is 9.47 Å². The van der Waals surface area contributed by atoms with Gasteiger partial charge in [0.1, 0.15) is 11.9 Å². The van der Waals surface area contributed by atoms with Gasteiger partial charge >= 0.3 is 0 Å². The number of nitrogens with one attached hydrogen (secondary N) is 2. The Morgan fingerprint density at radius 1 is 1.09 bits per heavy atom. The number of aromatic nitrogens is 1. The third-order valence-corrected chi connectivity index (χ3v) is 5.26. The monoisotopic (exact) mass is 453 g/mol. The van der Waals surface area contributed by atoms with E-state index in [-0.39, 0.29) is 17.9 Å². The maximum Gasteiger partial charge on any atom is 0.257 e. The van der Waals surface area contributed by atoms with Gasteiger partial charge in [-0.15, -0.1) is 11.3 Å². The number of benzene rings is 2.